The largest absolute Gasteiger partial charge is 0.396 e. The second-order valence-corrected chi connectivity index (χ2v) is 6.30. The van der Waals surface area contributed by atoms with Gasteiger partial charge in [-0.1, -0.05) is 6.07 Å². The molecule has 0 unspecified atom stereocenters. The van der Waals surface area contributed by atoms with E-state index in [0.717, 1.165) is 43.8 Å². The summed E-state index contributed by atoms with van der Waals surface area (Å²) in [5.74, 6) is 0.317. The molecule has 3 nitrogen and oxygen atoms in total. The molecule has 0 spiro atoms. The minimum Gasteiger partial charge on any atom is -0.396 e. The van der Waals surface area contributed by atoms with E-state index in [1.807, 2.05) is 13.0 Å². The van der Waals surface area contributed by atoms with Crippen LogP contribution in [0.4, 0.5) is 4.39 Å². The van der Waals surface area contributed by atoms with Gasteiger partial charge in [0.15, 0.2) is 0 Å². The summed E-state index contributed by atoms with van der Waals surface area (Å²) in [7, 11) is 0. The van der Waals surface area contributed by atoms with Crippen molar-refractivity contribution in [3.05, 3.63) is 35.1 Å². The molecule has 3 rings (SSSR count). The van der Waals surface area contributed by atoms with Crippen LogP contribution in [0.3, 0.4) is 0 Å². The molecule has 110 valence electrons. The first-order valence-electron chi connectivity index (χ1n) is 7.29. The predicted molar refractivity (Wildman–Crippen MR) is 74.9 cm³/mol. The number of likely N-dealkylation sites (tertiary alicyclic amines) is 1. The molecule has 0 amide bonds. The Labute approximate surface area is 119 Å². The average Bonchev–Trinajstić information content (AvgIpc) is 2.81. The van der Waals surface area contributed by atoms with Crippen LogP contribution in [0.15, 0.2) is 18.2 Å². The van der Waals surface area contributed by atoms with E-state index in [9.17, 15) is 9.50 Å². The summed E-state index contributed by atoms with van der Waals surface area (Å²) < 4.78 is 19.0. The Morgan fingerprint density at radius 3 is 3.10 bits per heavy atom. The maximum Gasteiger partial charge on any atom is 0.123 e. The molecule has 2 atom stereocenters. The van der Waals surface area contributed by atoms with Crippen LogP contribution >= 0.6 is 0 Å². The molecule has 1 aromatic rings. The van der Waals surface area contributed by atoms with Crippen molar-refractivity contribution in [2.75, 3.05) is 32.9 Å². The molecule has 0 saturated carbocycles. The first-order valence-corrected chi connectivity index (χ1v) is 7.29. The normalized spacial score (nSPS) is 30.4. The summed E-state index contributed by atoms with van der Waals surface area (Å²) in [6.07, 6.45) is 1.01. The lowest BCUT2D eigenvalue weighted by Crippen LogP contribution is -2.42. The van der Waals surface area contributed by atoms with Gasteiger partial charge in [0.25, 0.3) is 0 Å². The SMILES string of the molecule is Cc1ccc(F)cc1CN1C[C@@H]2CCOC[C@]2(CO)C1. The van der Waals surface area contributed by atoms with Gasteiger partial charge in [-0.15, -0.1) is 0 Å². The first-order chi connectivity index (χ1) is 9.63. The van der Waals surface area contributed by atoms with E-state index in [1.165, 1.54) is 6.07 Å². The topological polar surface area (TPSA) is 32.7 Å². The summed E-state index contributed by atoms with van der Waals surface area (Å²) in [5.41, 5.74) is 2.05. The number of ether oxygens (including phenoxy) is 1. The van der Waals surface area contributed by atoms with Crippen LogP contribution in [0.25, 0.3) is 0 Å². The van der Waals surface area contributed by atoms with E-state index >= 15 is 0 Å². The molecular formula is C16H22FNO2. The molecule has 2 heterocycles. The Kier molecular flexibility index (Phi) is 3.80. The molecule has 20 heavy (non-hydrogen) atoms. The fourth-order valence-corrected chi connectivity index (χ4v) is 3.60. The van der Waals surface area contributed by atoms with E-state index in [0.29, 0.717) is 12.5 Å². The highest BCUT2D eigenvalue weighted by atomic mass is 19.1. The van der Waals surface area contributed by atoms with Gasteiger partial charge < -0.3 is 9.84 Å². The number of hydrogen-bond donors (Lipinski definition) is 1. The maximum absolute atomic E-state index is 13.4. The molecule has 2 aliphatic rings. The van der Waals surface area contributed by atoms with Crippen molar-refractivity contribution < 1.29 is 14.2 Å². The van der Waals surface area contributed by atoms with Gasteiger partial charge in [0, 0.05) is 31.7 Å². The fraction of sp³-hybridized carbons (Fsp3) is 0.625. The molecule has 1 N–H and O–H groups in total. The van der Waals surface area contributed by atoms with E-state index in [-0.39, 0.29) is 17.8 Å². The zero-order valence-electron chi connectivity index (χ0n) is 11.9. The van der Waals surface area contributed by atoms with Crippen molar-refractivity contribution in [2.24, 2.45) is 11.3 Å². The summed E-state index contributed by atoms with van der Waals surface area (Å²) in [5, 5.41) is 9.77. The quantitative estimate of drug-likeness (QED) is 0.918. The van der Waals surface area contributed by atoms with Gasteiger partial charge in [0.2, 0.25) is 0 Å². The Bertz CT molecular complexity index is 493. The predicted octanol–water partition coefficient (Wildman–Crippen LogP) is 1.96. The van der Waals surface area contributed by atoms with Gasteiger partial charge >= 0.3 is 0 Å². The number of halogens is 1. The highest BCUT2D eigenvalue weighted by molar-refractivity contribution is 5.26. The summed E-state index contributed by atoms with van der Waals surface area (Å²) in [6.45, 7) is 6.19. The van der Waals surface area contributed by atoms with E-state index < -0.39 is 0 Å². The Morgan fingerprint density at radius 2 is 2.35 bits per heavy atom. The maximum atomic E-state index is 13.4. The molecule has 2 aliphatic heterocycles. The Balaban J connectivity index is 1.75. The average molecular weight is 279 g/mol. The van der Waals surface area contributed by atoms with Gasteiger partial charge in [-0.25, -0.2) is 4.39 Å². The minimum absolute atomic E-state index is 0.112. The number of fused-ring (bicyclic) bond motifs is 1. The van der Waals surface area contributed by atoms with Crippen molar-refractivity contribution in [3.63, 3.8) is 0 Å². The van der Waals surface area contributed by atoms with Gasteiger partial charge in [0.05, 0.1) is 13.2 Å². The van der Waals surface area contributed by atoms with E-state index in [2.05, 4.69) is 4.90 Å². The van der Waals surface area contributed by atoms with Crippen LogP contribution in [-0.4, -0.2) is 42.9 Å². The lowest BCUT2D eigenvalue weighted by atomic mass is 9.76. The van der Waals surface area contributed by atoms with Crippen LogP contribution in [-0.2, 0) is 11.3 Å². The van der Waals surface area contributed by atoms with Crippen molar-refractivity contribution in [1.29, 1.82) is 0 Å². The van der Waals surface area contributed by atoms with Crippen LogP contribution < -0.4 is 0 Å². The van der Waals surface area contributed by atoms with E-state index in [1.54, 1.807) is 6.07 Å². The monoisotopic (exact) mass is 279 g/mol. The molecule has 0 aromatic heterocycles. The third-order valence-electron chi connectivity index (χ3n) is 4.90. The molecule has 2 saturated heterocycles. The fourth-order valence-electron chi connectivity index (χ4n) is 3.60. The molecular weight excluding hydrogens is 257 g/mol. The van der Waals surface area contributed by atoms with Crippen molar-refractivity contribution >= 4 is 0 Å². The smallest absolute Gasteiger partial charge is 0.123 e. The minimum atomic E-state index is -0.178. The van der Waals surface area contributed by atoms with Crippen molar-refractivity contribution in [3.8, 4) is 0 Å². The second kappa shape index (κ2) is 5.43. The Morgan fingerprint density at radius 1 is 1.50 bits per heavy atom. The van der Waals surface area contributed by atoms with Gasteiger partial charge in [-0.05, 0) is 42.5 Å². The number of benzene rings is 1. The number of aryl methyl sites for hydroxylation is 1. The number of aliphatic hydroxyl groups is 1. The van der Waals surface area contributed by atoms with Crippen LogP contribution in [0, 0.1) is 24.1 Å². The third-order valence-corrected chi connectivity index (χ3v) is 4.90. The zero-order chi connectivity index (χ0) is 14.2. The highest BCUT2D eigenvalue weighted by Gasteiger charge is 2.47. The Hall–Kier alpha value is -0.970. The standard InChI is InChI=1S/C16H22FNO2/c1-12-2-3-15(17)6-13(12)7-18-8-14-4-5-20-11-16(14,9-18)10-19/h2-3,6,14,19H,4-5,7-11H2,1H3/t14-,16+/m0/s1. The third kappa shape index (κ3) is 2.48. The molecule has 0 bridgehead atoms. The lowest BCUT2D eigenvalue weighted by Gasteiger charge is -2.36. The molecule has 4 heteroatoms. The van der Waals surface area contributed by atoms with Crippen LogP contribution in [0.5, 0.6) is 0 Å². The molecule has 0 radical (unpaired) electrons. The summed E-state index contributed by atoms with van der Waals surface area (Å²) in [6, 6.07) is 4.96. The summed E-state index contributed by atoms with van der Waals surface area (Å²) >= 11 is 0. The molecule has 2 fully saturated rings. The van der Waals surface area contributed by atoms with Crippen molar-refractivity contribution in [1.82, 2.24) is 4.90 Å². The van der Waals surface area contributed by atoms with Crippen LogP contribution in [0.1, 0.15) is 17.5 Å². The molecule has 0 aliphatic carbocycles. The van der Waals surface area contributed by atoms with Crippen molar-refractivity contribution in [2.45, 2.75) is 19.9 Å². The van der Waals surface area contributed by atoms with Gasteiger partial charge in [-0.2, -0.15) is 0 Å². The number of rotatable bonds is 3. The summed E-state index contributed by atoms with van der Waals surface area (Å²) in [4.78, 5) is 2.33. The van der Waals surface area contributed by atoms with E-state index in [4.69, 9.17) is 4.74 Å². The zero-order valence-corrected chi connectivity index (χ0v) is 11.9. The molecule has 1 aromatic carbocycles. The number of aliphatic hydroxyl groups excluding tert-OH is 1. The second-order valence-electron chi connectivity index (χ2n) is 6.30. The van der Waals surface area contributed by atoms with Gasteiger partial charge in [-0.3, -0.25) is 4.90 Å². The van der Waals surface area contributed by atoms with Crippen LogP contribution in [0.2, 0.25) is 0 Å². The number of nitrogens with zero attached hydrogens (tertiary/aromatic N) is 1. The highest BCUT2D eigenvalue weighted by Crippen LogP contribution is 2.41. The van der Waals surface area contributed by atoms with Gasteiger partial charge in [0.1, 0.15) is 5.82 Å². The number of hydrogen-bond acceptors (Lipinski definition) is 3. The first kappa shape index (κ1) is 14.0. The lowest BCUT2D eigenvalue weighted by molar-refractivity contribution is -0.0561.